The highest BCUT2D eigenvalue weighted by molar-refractivity contribution is 6.76. The summed E-state index contributed by atoms with van der Waals surface area (Å²) in [5, 5.41) is 9.79. The molecule has 0 fully saturated rings. The van der Waals surface area contributed by atoms with Gasteiger partial charge in [0.25, 0.3) is 0 Å². The molecule has 0 aliphatic carbocycles. The molecule has 0 unspecified atom stereocenters. The van der Waals surface area contributed by atoms with Crippen LogP contribution in [0.15, 0.2) is 42.5 Å². The zero-order valence-electron chi connectivity index (χ0n) is 26.5. The first-order valence-electron chi connectivity index (χ1n) is 14.9. The van der Waals surface area contributed by atoms with Crippen LogP contribution in [0.5, 0.6) is 0 Å². The van der Waals surface area contributed by atoms with Crippen molar-refractivity contribution in [3.8, 4) is 11.5 Å². The van der Waals surface area contributed by atoms with Gasteiger partial charge in [-0.2, -0.15) is 5.10 Å². The fourth-order valence-electron chi connectivity index (χ4n) is 4.63. The van der Waals surface area contributed by atoms with Gasteiger partial charge in [-0.1, -0.05) is 51.4 Å². The Morgan fingerprint density at radius 3 is 2.22 bits per heavy atom. The molecule has 0 amide bonds. The molecule has 2 heterocycles. The van der Waals surface area contributed by atoms with Gasteiger partial charge in [-0.05, 0) is 69.5 Å². The van der Waals surface area contributed by atoms with Gasteiger partial charge in [0.2, 0.25) is 0 Å². The molecule has 0 spiro atoms. The molecule has 4 rings (SSSR count). The summed E-state index contributed by atoms with van der Waals surface area (Å²) < 4.78 is 16.6. The minimum Gasteiger partial charge on any atom is -0.385 e. The van der Waals surface area contributed by atoms with Crippen molar-refractivity contribution in [1.82, 2.24) is 24.2 Å². The van der Waals surface area contributed by atoms with Crippen molar-refractivity contribution < 1.29 is 9.47 Å². The van der Waals surface area contributed by atoms with Crippen molar-refractivity contribution in [3.63, 3.8) is 0 Å². The summed E-state index contributed by atoms with van der Waals surface area (Å²) in [5.74, 6) is 0.829. The summed E-state index contributed by atoms with van der Waals surface area (Å²) in [6, 6.07) is 17.0. The molecular formula is C31H50N6O2Si2. The van der Waals surface area contributed by atoms with Gasteiger partial charge < -0.3 is 19.7 Å². The monoisotopic (exact) mass is 594 g/mol. The van der Waals surface area contributed by atoms with Gasteiger partial charge >= 0.3 is 0 Å². The Morgan fingerprint density at radius 1 is 0.854 bits per heavy atom. The Morgan fingerprint density at radius 2 is 1.54 bits per heavy atom. The van der Waals surface area contributed by atoms with Crippen LogP contribution in [0.2, 0.25) is 51.4 Å². The lowest BCUT2D eigenvalue weighted by Crippen LogP contribution is -2.22. The van der Waals surface area contributed by atoms with Gasteiger partial charge in [0, 0.05) is 47.0 Å². The number of para-hydroxylation sites is 2. The number of ether oxygens (including phenoxy) is 2. The number of nitrogens with one attached hydrogen (secondary N) is 1. The average Bonchev–Trinajstić information content (AvgIpc) is 3.43. The lowest BCUT2D eigenvalue weighted by molar-refractivity contribution is 0.0817. The van der Waals surface area contributed by atoms with Gasteiger partial charge in [-0.3, -0.25) is 4.57 Å². The average molecular weight is 595 g/mol. The molecule has 0 radical (unpaired) electrons. The molecule has 2 aromatic heterocycles. The number of anilines is 1. The quantitative estimate of drug-likeness (QED) is 0.111. The Hall–Kier alpha value is -2.51. The Kier molecular flexibility index (Phi) is 10.5. The molecule has 2 aromatic carbocycles. The molecule has 0 aliphatic heterocycles. The molecular weight excluding hydrogens is 545 g/mol. The van der Waals surface area contributed by atoms with Crippen LogP contribution in [-0.4, -0.2) is 80.8 Å². The molecule has 0 atom stereocenters. The van der Waals surface area contributed by atoms with E-state index in [-0.39, 0.29) is 0 Å². The van der Waals surface area contributed by atoms with E-state index >= 15 is 0 Å². The predicted octanol–water partition coefficient (Wildman–Crippen LogP) is 7.04. The molecule has 224 valence electrons. The van der Waals surface area contributed by atoms with Crippen LogP contribution in [0.3, 0.4) is 0 Å². The molecule has 0 bridgehead atoms. The van der Waals surface area contributed by atoms with Crippen LogP contribution in [0.25, 0.3) is 33.5 Å². The summed E-state index contributed by atoms with van der Waals surface area (Å²) >= 11 is 0. The van der Waals surface area contributed by atoms with Crippen LogP contribution in [0, 0.1) is 0 Å². The summed E-state index contributed by atoms with van der Waals surface area (Å²) in [6.45, 7) is 18.6. The van der Waals surface area contributed by atoms with Crippen LogP contribution in [-0.2, 0) is 22.9 Å². The number of aromatic nitrogens is 4. The zero-order valence-corrected chi connectivity index (χ0v) is 28.5. The van der Waals surface area contributed by atoms with Gasteiger partial charge in [0.1, 0.15) is 19.2 Å². The number of hydrogen-bond acceptors (Lipinski definition) is 6. The van der Waals surface area contributed by atoms with Gasteiger partial charge in [-0.15, -0.1) is 0 Å². The van der Waals surface area contributed by atoms with Crippen LogP contribution in [0.4, 0.5) is 5.69 Å². The van der Waals surface area contributed by atoms with E-state index in [1.807, 2.05) is 10.7 Å². The minimum atomic E-state index is -1.18. The van der Waals surface area contributed by atoms with Crippen LogP contribution >= 0.6 is 0 Å². The van der Waals surface area contributed by atoms with Crippen molar-refractivity contribution in [2.24, 2.45) is 0 Å². The smallest absolute Gasteiger partial charge is 0.164 e. The van der Waals surface area contributed by atoms with E-state index in [2.05, 4.69) is 105 Å². The molecule has 1 N–H and O–H groups in total. The summed E-state index contributed by atoms with van der Waals surface area (Å²) in [7, 11) is 1.86. The lowest BCUT2D eigenvalue weighted by Gasteiger charge is -2.16. The first-order chi connectivity index (χ1) is 19.4. The fourth-order valence-corrected chi connectivity index (χ4v) is 6.14. The second kappa shape index (κ2) is 13.6. The Labute approximate surface area is 248 Å². The number of imidazole rings is 1. The first-order valence-corrected chi connectivity index (χ1v) is 22.3. The van der Waals surface area contributed by atoms with E-state index in [1.165, 1.54) is 0 Å². The number of rotatable bonds is 16. The highest BCUT2D eigenvalue weighted by atomic mass is 28.3. The third-order valence-corrected chi connectivity index (χ3v) is 10.6. The molecule has 41 heavy (non-hydrogen) atoms. The number of benzene rings is 2. The molecule has 0 aliphatic rings. The zero-order chi connectivity index (χ0) is 29.6. The first kappa shape index (κ1) is 31.4. The third-order valence-electron chi connectivity index (χ3n) is 7.15. The number of hydrogen-bond donors (Lipinski definition) is 1. The molecule has 0 saturated heterocycles. The summed E-state index contributed by atoms with van der Waals surface area (Å²) in [5.41, 5.74) is 5.00. The van der Waals surface area contributed by atoms with E-state index in [0.29, 0.717) is 13.5 Å². The standard InChI is InChI=1S/C31H50N6O2Si2/c1-35(2)17-11-16-32-25-14-15-28-26(22-25)30(34-37(28)24-39-19-21-41(6,7)8)31-33-27-12-9-10-13-29(27)36(31)23-38-18-20-40(3,4)5/h9-10,12-15,22,32H,11,16-21,23-24H2,1-8H3. The minimum absolute atomic E-state index is 0.420. The van der Waals surface area contributed by atoms with Crippen molar-refractivity contribution in [2.75, 3.05) is 45.7 Å². The van der Waals surface area contributed by atoms with Crippen LogP contribution in [0.1, 0.15) is 6.42 Å². The third kappa shape index (κ3) is 8.99. The van der Waals surface area contributed by atoms with Crippen molar-refractivity contribution in [1.29, 1.82) is 0 Å². The SMILES string of the molecule is CN(C)CCCNc1ccc2c(c1)c(-c1nc3ccccc3n1COCC[Si](C)(C)C)nn2COCC[Si](C)(C)C. The largest absolute Gasteiger partial charge is 0.385 e. The second-order valence-electron chi connectivity index (χ2n) is 13.7. The van der Waals surface area contributed by atoms with Gasteiger partial charge in [0.05, 0.1) is 16.6 Å². The van der Waals surface area contributed by atoms with E-state index in [9.17, 15) is 0 Å². The number of fused-ring (bicyclic) bond motifs is 2. The van der Waals surface area contributed by atoms with Crippen molar-refractivity contribution >= 4 is 43.8 Å². The summed E-state index contributed by atoms with van der Waals surface area (Å²) in [4.78, 5) is 7.30. The number of nitrogens with zero attached hydrogens (tertiary/aromatic N) is 5. The van der Waals surface area contributed by atoms with E-state index in [4.69, 9.17) is 19.6 Å². The van der Waals surface area contributed by atoms with Crippen LogP contribution < -0.4 is 5.32 Å². The summed E-state index contributed by atoms with van der Waals surface area (Å²) in [6.07, 6.45) is 1.08. The maximum atomic E-state index is 6.25. The predicted molar refractivity (Wildman–Crippen MR) is 178 cm³/mol. The normalized spacial score (nSPS) is 12.7. The maximum Gasteiger partial charge on any atom is 0.164 e. The second-order valence-corrected chi connectivity index (χ2v) is 25.0. The van der Waals surface area contributed by atoms with Gasteiger partial charge in [0.15, 0.2) is 5.82 Å². The Balaban J connectivity index is 1.69. The highest BCUT2D eigenvalue weighted by Gasteiger charge is 2.21. The molecule has 0 saturated carbocycles. The fraction of sp³-hybridized carbons (Fsp3) is 0.548. The molecule has 4 aromatic rings. The maximum absolute atomic E-state index is 6.25. The molecule has 10 heteroatoms. The van der Waals surface area contributed by atoms with Crippen molar-refractivity contribution in [2.45, 2.75) is 71.3 Å². The van der Waals surface area contributed by atoms with Crippen molar-refractivity contribution in [3.05, 3.63) is 42.5 Å². The lowest BCUT2D eigenvalue weighted by atomic mass is 10.1. The Bertz CT molecular complexity index is 1420. The topological polar surface area (TPSA) is 69.4 Å². The highest BCUT2D eigenvalue weighted by Crippen LogP contribution is 2.32. The van der Waals surface area contributed by atoms with E-state index in [0.717, 1.165) is 84.0 Å². The van der Waals surface area contributed by atoms with Gasteiger partial charge in [-0.25, -0.2) is 9.67 Å². The van der Waals surface area contributed by atoms with E-state index in [1.54, 1.807) is 0 Å². The van der Waals surface area contributed by atoms with E-state index < -0.39 is 16.1 Å². The molecule has 8 nitrogen and oxygen atoms in total.